The van der Waals surface area contributed by atoms with E-state index in [4.69, 9.17) is 0 Å². The Morgan fingerprint density at radius 1 is 1.38 bits per heavy atom. The monoisotopic (exact) mass is 176 g/mol. The third kappa shape index (κ3) is 1.42. The number of nitro groups is 1. The second kappa shape index (κ2) is 2.97. The van der Waals surface area contributed by atoms with Gasteiger partial charge in [0.25, 0.3) is 5.69 Å². The van der Waals surface area contributed by atoms with Gasteiger partial charge in [0.1, 0.15) is 0 Å². The number of hydrogen-bond donors (Lipinski definition) is 0. The molecule has 1 aromatic carbocycles. The van der Waals surface area contributed by atoms with Crippen LogP contribution in [-0.2, 0) is 13.0 Å². The van der Waals surface area contributed by atoms with Gasteiger partial charge in [0.05, 0.1) is 11.5 Å². The Balaban J connectivity index is 2.44. The minimum Gasteiger partial charge on any atom is -0.292 e. The fraction of sp³-hybridized carbons (Fsp3) is 0.222. The fourth-order valence-electron chi connectivity index (χ4n) is 1.40. The first kappa shape index (κ1) is 7.91. The van der Waals surface area contributed by atoms with Crippen LogP contribution in [0.4, 0.5) is 5.69 Å². The lowest BCUT2D eigenvalue weighted by atomic mass is 10.0. The molecule has 4 heteroatoms. The van der Waals surface area contributed by atoms with Gasteiger partial charge in [0, 0.05) is 24.8 Å². The van der Waals surface area contributed by atoms with E-state index in [9.17, 15) is 10.1 Å². The Labute approximate surface area is 75.1 Å². The van der Waals surface area contributed by atoms with Crippen molar-refractivity contribution in [2.45, 2.75) is 13.0 Å². The lowest BCUT2D eigenvalue weighted by Gasteiger charge is -2.08. The summed E-state index contributed by atoms with van der Waals surface area (Å²) in [6.45, 7) is 0.566. The number of fused-ring (bicyclic) bond motifs is 1. The molecular formula is C9H8N2O2. The molecule has 4 nitrogen and oxygen atoms in total. The van der Waals surface area contributed by atoms with Crippen LogP contribution < -0.4 is 0 Å². The Morgan fingerprint density at radius 3 is 3.00 bits per heavy atom. The molecule has 0 atom stereocenters. The van der Waals surface area contributed by atoms with Crippen LogP contribution in [0.25, 0.3) is 0 Å². The van der Waals surface area contributed by atoms with Crippen LogP contribution in [0.15, 0.2) is 23.2 Å². The topological polar surface area (TPSA) is 55.5 Å². The van der Waals surface area contributed by atoms with Crippen LogP contribution in [-0.4, -0.2) is 11.1 Å². The summed E-state index contributed by atoms with van der Waals surface area (Å²) < 4.78 is 0. The molecule has 0 amide bonds. The van der Waals surface area contributed by atoms with E-state index in [0.29, 0.717) is 6.54 Å². The van der Waals surface area contributed by atoms with Crippen molar-refractivity contribution in [3.8, 4) is 0 Å². The summed E-state index contributed by atoms with van der Waals surface area (Å²) in [4.78, 5) is 14.1. The number of benzene rings is 1. The predicted molar refractivity (Wildman–Crippen MR) is 49.0 cm³/mol. The van der Waals surface area contributed by atoms with Crippen LogP contribution in [0.2, 0.25) is 0 Å². The molecule has 66 valence electrons. The molecule has 0 saturated heterocycles. The van der Waals surface area contributed by atoms with Gasteiger partial charge >= 0.3 is 0 Å². The molecule has 0 unspecified atom stereocenters. The van der Waals surface area contributed by atoms with Crippen molar-refractivity contribution >= 4 is 11.9 Å². The molecule has 0 radical (unpaired) electrons. The molecule has 2 rings (SSSR count). The quantitative estimate of drug-likeness (QED) is 0.483. The van der Waals surface area contributed by atoms with Gasteiger partial charge < -0.3 is 0 Å². The molecule has 0 aliphatic carbocycles. The molecular weight excluding hydrogens is 168 g/mol. The average molecular weight is 176 g/mol. The van der Waals surface area contributed by atoms with Gasteiger partial charge in [-0.05, 0) is 11.1 Å². The Bertz CT molecular complexity index is 385. The highest BCUT2D eigenvalue weighted by Gasteiger charge is 2.11. The molecule has 0 fully saturated rings. The largest absolute Gasteiger partial charge is 0.292 e. The summed E-state index contributed by atoms with van der Waals surface area (Å²) in [5.74, 6) is 0. The van der Waals surface area contributed by atoms with Crippen molar-refractivity contribution in [3.63, 3.8) is 0 Å². The zero-order valence-corrected chi connectivity index (χ0v) is 6.93. The standard InChI is InChI=1S/C9H8N2O2/c12-11(13)9-2-1-7-3-4-10-6-8(7)5-9/h1-2,4-5H,3,6H2. The zero-order valence-electron chi connectivity index (χ0n) is 6.93. The molecule has 0 aromatic heterocycles. The lowest BCUT2D eigenvalue weighted by molar-refractivity contribution is -0.384. The average Bonchev–Trinajstić information content (AvgIpc) is 2.17. The summed E-state index contributed by atoms with van der Waals surface area (Å²) in [6.07, 6.45) is 2.63. The van der Waals surface area contributed by atoms with Gasteiger partial charge in [-0.25, -0.2) is 0 Å². The maximum absolute atomic E-state index is 10.5. The SMILES string of the molecule is O=[N+]([O-])c1ccc2c(c1)CN=CC2. The van der Waals surface area contributed by atoms with E-state index >= 15 is 0 Å². The van der Waals surface area contributed by atoms with Crippen molar-refractivity contribution < 1.29 is 4.92 Å². The first-order valence-electron chi connectivity index (χ1n) is 4.02. The van der Waals surface area contributed by atoms with Crippen molar-refractivity contribution in [1.82, 2.24) is 0 Å². The third-order valence-corrected chi connectivity index (χ3v) is 2.10. The van der Waals surface area contributed by atoms with Gasteiger partial charge in [-0.1, -0.05) is 6.07 Å². The van der Waals surface area contributed by atoms with Gasteiger partial charge in [-0.15, -0.1) is 0 Å². The first-order valence-corrected chi connectivity index (χ1v) is 4.02. The lowest BCUT2D eigenvalue weighted by Crippen LogP contribution is -2.01. The van der Waals surface area contributed by atoms with Crippen molar-refractivity contribution in [1.29, 1.82) is 0 Å². The summed E-state index contributed by atoms with van der Waals surface area (Å²) >= 11 is 0. The molecule has 0 bridgehead atoms. The van der Waals surface area contributed by atoms with Crippen molar-refractivity contribution in [2.24, 2.45) is 4.99 Å². The van der Waals surface area contributed by atoms with Crippen LogP contribution in [0, 0.1) is 10.1 Å². The second-order valence-corrected chi connectivity index (χ2v) is 2.94. The highest BCUT2D eigenvalue weighted by Crippen LogP contribution is 2.20. The first-order chi connectivity index (χ1) is 6.27. The summed E-state index contributed by atoms with van der Waals surface area (Å²) in [6, 6.07) is 4.95. The number of non-ortho nitro benzene ring substituents is 1. The zero-order chi connectivity index (χ0) is 9.26. The minimum atomic E-state index is -0.376. The number of nitro benzene ring substituents is 1. The fourth-order valence-corrected chi connectivity index (χ4v) is 1.40. The molecule has 13 heavy (non-hydrogen) atoms. The molecule has 0 N–H and O–H groups in total. The van der Waals surface area contributed by atoms with E-state index in [1.165, 1.54) is 6.07 Å². The molecule has 0 spiro atoms. The van der Waals surface area contributed by atoms with Gasteiger partial charge in [0.15, 0.2) is 0 Å². The summed E-state index contributed by atoms with van der Waals surface area (Å²) in [7, 11) is 0. The van der Waals surface area contributed by atoms with E-state index in [-0.39, 0.29) is 10.6 Å². The Kier molecular flexibility index (Phi) is 1.81. The number of nitrogens with zero attached hydrogens (tertiary/aromatic N) is 2. The van der Waals surface area contributed by atoms with Gasteiger partial charge in [0.2, 0.25) is 0 Å². The number of rotatable bonds is 1. The van der Waals surface area contributed by atoms with Gasteiger partial charge in [-0.3, -0.25) is 15.1 Å². The molecule has 0 saturated carbocycles. The number of aliphatic imine (C=N–C) groups is 1. The van der Waals surface area contributed by atoms with E-state index in [0.717, 1.165) is 17.5 Å². The summed E-state index contributed by atoms with van der Waals surface area (Å²) in [5, 5.41) is 10.5. The van der Waals surface area contributed by atoms with E-state index in [1.807, 2.05) is 6.21 Å². The van der Waals surface area contributed by atoms with Crippen LogP contribution in [0.1, 0.15) is 11.1 Å². The van der Waals surface area contributed by atoms with Crippen molar-refractivity contribution in [2.75, 3.05) is 0 Å². The second-order valence-electron chi connectivity index (χ2n) is 2.94. The Hall–Kier alpha value is -1.71. The van der Waals surface area contributed by atoms with E-state index in [1.54, 1.807) is 12.1 Å². The maximum Gasteiger partial charge on any atom is 0.269 e. The predicted octanol–water partition coefficient (Wildman–Crippen LogP) is 1.72. The molecule has 1 heterocycles. The summed E-state index contributed by atoms with van der Waals surface area (Å²) in [5.41, 5.74) is 2.26. The van der Waals surface area contributed by atoms with Crippen LogP contribution >= 0.6 is 0 Å². The number of hydrogen-bond acceptors (Lipinski definition) is 3. The Morgan fingerprint density at radius 2 is 2.23 bits per heavy atom. The van der Waals surface area contributed by atoms with Crippen molar-refractivity contribution in [3.05, 3.63) is 39.4 Å². The molecule has 1 aliphatic heterocycles. The van der Waals surface area contributed by atoms with Gasteiger partial charge in [-0.2, -0.15) is 0 Å². The molecule has 1 aliphatic rings. The smallest absolute Gasteiger partial charge is 0.269 e. The maximum atomic E-state index is 10.5. The third-order valence-electron chi connectivity index (χ3n) is 2.10. The minimum absolute atomic E-state index is 0.149. The normalized spacial score (nSPS) is 13.8. The molecule has 1 aromatic rings. The van der Waals surface area contributed by atoms with Crippen LogP contribution in [0.3, 0.4) is 0 Å². The van der Waals surface area contributed by atoms with E-state index in [2.05, 4.69) is 4.99 Å². The highest BCUT2D eigenvalue weighted by molar-refractivity contribution is 5.65. The van der Waals surface area contributed by atoms with E-state index < -0.39 is 0 Å². The van der Waals surface area contributed by atoms with Crippen LogP contribution in [0.5, 0.6) is 0 Å². The highest BCUT2D eigenvalue weighted by atomic mass is 16.6.